The highest BCUT2D eigenvalue weighted by Gasteiger charge is 2.31. The molecule has 0 rings (SSSR count). The van der Waals surface area contributed by atoms with Gasteiger partial charge in [0, 0.05) is 13.7 Å². The first-order chi connectivity index (χ1) is 6.14. The maximum atomic E-state index is 5.74. The minimum absolute atomic E-state index is 0.125. The van der Waals surface area contributed by atoms with E-state index in [1.807, 2.05) is 14.0 Å². The van der Waals surface area contributed by atoms with E-state index in [0.29, 0.717) is 6.61 Å². The maximum absolute atomic E-state index is 5.74. The van der Waals surface area contributed by atoms with E-state index < -0.39 is 0 Å². The van der Waals surface area contributed by atoms with Gasteiger partial charge in [0.1, 0.15) is 0 Å². The minimum atomic E-state index is -0.125. The van der Waals surface area contributed by atoms with Crippen LogP contribution in [0, 0.1) is 0 Å². The predicted molar refractivity (Wildman–Crippen MR) is 55.0 cm³/mol. The van der Waals surface area contributed by atoms with Gasteiger partial charge in [0.05, 0.1) is 18.2 Å². The van der Waals surface area contributed by atoms with Crippen LogP contribution in [0.15, 0.2) is 0 Å². The third-order valence-corrected chi connectivity index (χ3v) is 2.60. The second kappa shape index (κ2) is 6.35. The highest BCUT2D eigenvalue weighted by atomic mass is 16.5. The van der Waals surface area contributed by atoms with Crippen LogP contribution in [-0.2, 0) is 9.47 Å². The average molecular weight is 189 g/mol. The third-order valence-electron chi connectivity index (χ3n) is 2.60. The summed E-state index contributed by atoms with van der Waals surface area (Å²) in [6.45, 7) is 7.70. The van der Waals surface area contributed by atoms with Crippen LogP contribution in [0.2, 0.25) is 0 Å². The van der Waals surface area contributed by atoms with Gasteiger partial charge in [-0.05, 0) is 27.3 Å². The van der Waals surface area contributed by atoms with Gasteiger partial charge in [-0.2, -0.15) is 0 Å². The summed E-state index contributed by atoms with van der Waals surface area (Å²) in [6, 6.07) is 0.252. The Hall–Kier alpha value is -0.120. The molecule has 0 aromatic rings. The maximum Gasteiger partial charge on any atom is 0.0826 e. The van der Waals surface area contributed by atoms with Gasteiger partial charge in [0.2, 0.25) is 0 Å². The van der Waals surface area contributed by atoms with Crippen LogP contribution in [0.25, 0.3) is 0 Å². The van der Waals surface area contributed by atoms with Crippen LogP contribution in [-0.4, -0.2) is 39.0 Å². The molecule has 0 spiro atoms. The van der Waals surface area contributed by atoms with Crippen molar-refractivity contribution in [2.45, 2.75) is 38.8 Å². The molecule has 80 valence electrons. The van der Waals surface area contributed by atoms with Crippen LogP contribution >= 0.6 is 0 Å². The summed E-state index contributed by atoms with van der Waals surface area (Å²) >= 11 is 0. The fraction of sp³-hybridized carbons (Fsp3) is 1.00. The molecule has 0 saturated heterocycles. The molecule has 0 aromatic heterocycles. The van der Waals surface area contributed by atoms with Crippen LogP contribution < -0.4 is 5.32 Å². The highest BCUT2D eigenvalue weighted by Crippen LogP contribution is 2.20. The predicted octanol–water partition coefficient (Wildman–Crippen LogP) is 1.43. The Morgan fingerprint density at radius 3 is 2.31 bits per heavy atom. The quantitative estimate of drug-likeness (QED) is 0.657. The van der Waals surface area contributed by atoms with Crippen molar-refractivity contribution in [3.8, 4) is 0 Å². The number of hydrogen-bond donors (Lipinski definition) is 1. The fourth-order valence-electron chi connectivity index (χ4n) is 1.51. The van der Waals surface area contributed by atoms with E-state index in [1.165, 1.54) is 0 Å². The van der Waals surface area contributed by atoms with Crippen LogP contribution in [0.4, 0.5) is 0 Å². The van der Waals surface area contributed by atoms with Gasteiger partial charge in [0.25, 0.3) is 0 Å². The summed E-state index contributed by atoms with van der Waals surface area (Å²) in [4.78, 5) is 0. The van der Waals surface area contributed by atoms with Gasteiger partial charge in [-0.15, -0.1) is 0 Å². The van der Waals surface area contributed by atoms with Crippen molar-refractivity contribution in [2.75, 3.05) is 27.4 Å². The molecule has 0 bridgehead atoms. The Labute approximate surface area is 81.8 Å². The fourth-order valence-corrected chi connectivity index (χ4v) is 1.51. The summed E-state index contributed by atoms with van der Waals surface area (Å²) < 4.78 is 10.9. The molecule has 0 fully saturated rings. The van der Waals surface area contributed by atoms with E-state index >= 15 is 0 Å². The summed E-state index contributed by atoms with van der Waals surface area (Å²) in [5.74, 6) is 0. The van der Waals surface area contributed by atoms with Gasteiger partial charge in [-0.1, -0.05) is 6.92 Å². The Morgan fingerprint density at radius 1 is 1.38 bits per heavy atom. The first kappa shape index (κ1) is 12.9. The summed E-state index contributed by atoms with van der Waals surface area (Å²) in [5.41, 5.74) is -0.125. The number of methoxy groups -OCH3 is 1. The molecule has 1 N–H and O–H groups in total. The van der Waals surface area contributed by atoms with Crippen molar-refractivity contribution in [3.05, 3.63) is 0 Å². The Morgan fingerprint density at radius 2 is 2.00 bits per heavy atom. The second-order valence-corrected chi connectivity index (χ2v) is 3.40. The number of ether oxygens (including phenoxy) is 2. The number of hydrogen-bond acceptors (Lipinski definition) is 3. The van der Waals surface area contributed by atoms with Crippen molar-refractivity contribution in [1.29, 1.82) is 0 Å². The first-order valence-corrected chi connectivity index (χ1v) is 4.94. The van der Waals surface area contributed by atoms with Gasteiger partial charge < -0.3 is 14.8 Å². The van der Waals surface area contributed by atoms with E-state index in [1.54, 1.807) is 7.11 Å². The van der Waals surface area contributed by atoms with Crippen molar-refractivity contribution in [1.82, 2.24) is 5.32 Å². The largest absolute Gasteiger partial charge is 0.383 e. The Kier molecular flexibility index (Phi) is 6.29. The summed E-state index contributed by atoms with van der Waals surface area (Å²) in [7, 11) is 3.66. The molecule has 0 heterocycles. The molecule has 0 aromatic carbocycles. The first-order valence-electron chi connectivity index (χ1n) is 4.94. The number of rotatable bonds is 7. The molecule has 0 aliphatic heterocycles. The molecule has 0 amide bonds. The van der Waals surface area contributed by atoms with Crippen molar-refractivity contribution < 1.29 is 9.47 Å². The second-order valence-electron chi connectivity index (χ2n) is 3.40. The minimum Gasteiger partial charge on any atom is -0.383 e. The Balaban J connectivity index is 4.29. The number of likely N-dealkylation sites (N-methyl/N-ethyl adjacent to an activating group) is 1. The summed E-state index contributed by atoms with van der Waals surface area (Å²) in [6.07, 6.45) is 0.982. The lowest BCUT2D eigenvalue weighted by atomic mass is 9.93. The molecule has 3 nitrogen and oxygen atoms in total. The SMILES string of the molecule is CCOC(C)(CC)C(COC)NC. The molecule has 0 radical (unpaired) electrons. The topological polar surface area (TPSA) is 30.5 Å². The monoisotopic (exact) mass is 189 g/mol. The average Bonchev–Trinajstić information content (AvgIpc) is 2.14. The zero-order chi connectivity index (χ0) is 10.3. The molecule has 0 aliphatic rings. The zero-order valence-electron chi connectivity index (χ0n) is 9.52. The lowest BCUT2D eigenvalue weighted by molar-refractivity contribution is -0.0688. The van der Waals surface area contributed by atoms with Crippen LogP contribution in [0.5, 0.6) is 0 Å². The zero-order valence-corrected chi connectivity index (χ0v) is 9.52. The van der Waals surface area contributed by atoms with E-state index in [2.05, 4.69) is 19.2 Å². The lowest BCUT2D eigenvalue weighted by Crippen LogP contribution is -2.51. The summed E-state index contributed by atoms with van der Waals surface area (Å²) in [5, 5.41) is 3.23. The Bertz CT molecular complexity index is 130. The van der Waals surface area contributed by atoms with Gasteiger partial charge in [0.15, 0.2) is 0 Å². The van der Waals surface area contributed by atoms with Gasteiger partial charge >= 0.3 is 0 Å². The molecular formula is C10H23NO2. The molecular weight excluding hydrogens is 166 g/mol. The normalized spacial score (nSPS) is 18.2. The third kappa shape index (κ3) is 3.63. The molecule has 2 atom stereocenters. The molecule has 0 saturated carbocycles. The van der Waals surface area contributed by atoms with E-state index in [-0.39, 0.29) is 11.6 Å². The highest BCUT2D eigenvalue weighted by molar-refractivity contribution is 4.87. The van der Waals surface area contributed by atoms with E-state index in [9.17, 15) is 0 Å². The van der Waals surface area contributed by atoms with E-state index in [0.717, 1.165) is 13.0 Å². The van der Waals surface area contributed by atoms with E-state index in [4.69, 9.17) is 9.47 Å². The van der Waals surface area contributed by atoms with Crippen molar-refractivity contribution >= 4 is 0 Å². The van der Waals surface area contributed by atoms with Crippen molar-refractivity contribution in [3.63, 3.8) is 0 Å². The molecule has 2 unspecified atom stereocenters. The lowest BCUT2D eigenvalue weighted by Gasteiger charge is -2.36. The standard InChI is InChI=1S/C10H23NO2/c1-6-10(3,13-7-2)9(11-4)8-12-5/h9,11H,6-8H2,1-5H3. The molecule has 3 heteroatoms. The van der Waals surface area contributed by atoms with Crippen LogP contribution in [0.3, 0.4) is 0 Å². The van der Waals surface area contributed by atoms with Gasteiger partial charge in [-0.25, -0.2) is 0 Å². The smallest absolute Gasteiger partial charge is 0.0826 e. The van der Waals surface area contributed by atoms with Crippen LogP contribution in [0.1, 0.15) is 27.2 Å². The molecule has 13 heavy (non-hydrogen) atoms. The molecule has 0 aliphatic carbocycles. The number of nitrogens with one attached hydrogen (secondary N) is 1. The van der Waals surface area contributed by atoms with Crippen molar-refractivity contribution in [2.24, 2.45) is 0 Å². The van der Waals surface area contributed by atoms with Gasteiger partial charge in [-0.3, -0.25) is 0 Å².